The van der Waals surface area contributed by atoms with Crippen molar-refractivity contribution in [2.45, 2.75) is 136 Å². The van der Waals surface area contributed by atoms with Crippen LogP contribution in [0.2, 0.25) is 0 Å². The van der Waals surface area contributed by atoms with E-state index in [1.807, 2.05) is 0 Å². The molecule has 182 valence electrons. The summed E-state index contributed by atoms with van der Waals surface area (Å²) < 4.78 is 5.78. The lowest BCUT2D eigenvalue weighted by Crippen LogP contribution is -2.23. The van der Waals surface area contributed by atoms with Crippen molar-refractivity contribution in [3.8, 4) is 0 Å². The quantitative estimate of drug-likeness (QED) is 0.109. The van der Waals surface area contributed by atoms with E-state index in [2.05, 4.69) is 13.8 Å². The van der Waals surface area contributed by atoms with E-state index in [4.69, 9.17) is 14.9 Å². The zero-order valence-corrected chi connectivity index (χ0v) is 19.9. The molecule has 0 unspecified atom stereocenters. The fourth-order valence-corrected chi connectivity index (χ4v) is 3.78. The van der Waals surface area contributed by atoms with Crippen LogP contribution in [0.1, 0.15) is 129 Å². The Morgan fingerprint density at radius 2 is 1.03 bits per heavy atom. The lowest BCUT2D eigenvalue weighted by molar-refractivity contribution is -0.155. The lowest BCUT2D eigenvalue weighted by Gasteiger charge is -2.18. The highest BCUT2D eigenvalue weighted by Gasteiger charge is 2.24. The van der Waals surface area contributed by atoms with Crippen LogP contribution < -0.4 is 0 Å². The van der Waals surface area contributed by atoms with Crippen molar-refractivity contribution >= 4 is 17.9 Å². The molecule has 0 spiro atoms. The van der Waals surface area contributed by atoms with E-state index in [1.54, 1.807) is 0 Å². The number of carbonyl (C=O) groups excluding carboxylic acids is 1. The van der Waals surface area contributed by atoms with Crippen LogP contribution in [0.3, 0.4) is 0 Å². The summed E-state index contributed by atoms with van der Waals surface area (Å²) in [5.41, 5.74) is 0. The summed E-state index contributed by atoms with van der Waals surface area (Å²) in [5.74, 6) is -3.91. The first-order valence-electron chi connectivity index (χ1n) is 12.6. The van der Waals surface area contributed by atoms with Crippen molar-refractivity contribution in [1.82, 2.24) is 0 Å². The predicted octanol–water partition coefficient (Wildman–Crippen LogP) is 6.75. The molecule has 0 saturated carbocycles. The van der Waals surface area contributed by atoms with E-state index in [0.717, 1.165) is 57.8 Å². The summed E-state index contributed by atoms with van der Waals surface area (Å²) in [4.78, 5) is 33.9. The smallest absolute Gasteiger partial charge is 0.317 e. The first-order valence-corrected chi connectivity index (χ1v) is 12.6. The number of carboxylic acid groups (broad SMARTS) is 2. The maximum atomic E-state index is 12.2. The van der Waals surface area contributed by atoms with Crippen molar-refractivity contribution in [2.75, 3.05) is 0 Å². The number of rotatable bonds is 22. The van der Waals surface area contributed by atoms with E-state index in [9.17, 15) is 14.4 Å². The van der Waals surface area contributed by atoms with Gasteiger partial charge >= 0.3 is 17.9 Å². The number of carbonyl (C=O) groups is 3. The minimum atomic E-state index is -1.30. The second kappa shape index (κ2) is 20.3. The molecule has 31 heavy (non-hydrogen) atoms. The molecule has 2 N–H and O–H groups in total. The number of unbranched alkanes of at least 4 members (excludes halogenated alkanes) is 11. The summed E-state index contributed by atoms with van der Waals surface area (Å²) >= 11 is 0. The van der Waals surface area contributed by atoms with Crippen molar-refractivity contribution in [3.05, 3.63) is 0 Å². The van der Waals surface area contributed by atoms with Crippen LogP contribution in [-0.4, -0.2) is 34.2 Å². The molecule has 0 aromatic rings. The molecule has 0 aliphatic carbocycles. The molecule has 0 aromatic heterocycles. The van der Waals surface area contributed by atoms with Gasteiger partial charge in [0.05, 0.1) is 0 Å². The first-order chi connectivity index (χ1) is 14.9. The van der Waals surface area contributed by atoms with Gasteiger partial charge in [0.15, 0.2) is 5.92 Å². The molecule has 0 aliphatic rings. The predicted molar refractivity (Wildman–Crippen MR) is 123 cm³/mol. The first kappa shape index (κ1) is 29.4. The summed E-state index contributed by atoms with van der Waals surface area (Å²) in [6.45, 7) is 4.40. The van der Waals surface area contributed by atoms with Gasteiger partial charge < -0.3 is 14.9 Å². The molecular formula is C25H46O6. The monoisotopic (exact) mass is 442 g/mol. The lowest BCUT2D eigenvalue weighted by atomic mass is 10.0. The van der Waals surface area contributed by atoms with E-state index >= 15 is 0 Å². The number of esters is 1. The fourth-order valence-electron chi connectivity index (χ4n) is 3.78. The van der Waals surface area contributed by atoms with Crippen LogP contribution in [0.5, 0.6) is 0 Å². The van der Waals surface area contributed by atoms with Crippen LogP contribution in [0.25, 0.3) is 0 Å². The van der Waals surface area contributed by atoms with Gasteiger partial charge in [0.1, 0.15) is 6.10 Å². The number of hydrogen-bond donors (Lipinski definition) is 2. The summed E-state index contributed by atoms with van der Waals surface area (Å²) in [7, 11) is 0. The van der Waals surface area contributed by atoms with Gasteiger partial charge in [-0.15, -0.1) is 0 Å². The van der Waals surface area contributed by atoms with Gasteiger partial charge in [-0.2, -0.15) is 0 Å². The van der Waals surface area contributed by atoms with Gasteiger partial charge in [0, 0.05) is 6.42 Å². The summed E-state index contributed by atoms with van der Waals surface area (Å²) in [5, 5.41) is 17.7. The Bertz CT molecular complexity index is 451. The molecule has 6 heteroatoms. The Labute approximate surface area is 189 Å². The molecule has 0 aromatic carbocycles. The third-order valence-corrected chi connectivity index (χ3v) is 5.78. The van der Waals surface area contributed by atoms with Crippen LogP contribution in [0.4, 0.5) is 0 Å². The van der Waals surface area contributed by atoms with Gasteiger partial charge in [-0.25, -0.2) is 0 Å². The highest BCUT2D eigenvalue weighted by molar-refractivity contribution is 5.92. The Balaban J connectivity index is 3.93. The van der Waals surface area contributed by atoms with Crippen molar-refractivity contribution in [1.29, 1.82) is 0 Å². The average molecular weight is 443 g/mol. The Morgan fingerprint density at radius 3 is 1.52 bits per heavy atom. The van der Waals surface area contributed by atoms with E-state index in [1.165, 1.54) is 38.5 Å². The van der Waals surface area contributed by atoms with Crippen LogP contribution in [0.15, 0.2) is 0 Å². The molecule has 0 bridgehead atoms. The van der Waals surface area contributed by atoms with Crippen LogP contribution in [0, 0.1) is 5.92 Å². The Morgan fingerprint density at radius 1 is 0.613 bits per heavy atom. The largest absolute Gasteiger partial charge is 0.481 e. The van der Waals surface area contributed by atoms with Gasteiger partial charge in [-0.3, -0.25) is 14.4 Å². The zero-order chi connectivity index (χ0) is 23.3. The van der Waals surface area contributed by atoms with Crippen LogP contribution >= 0.6 is 0 Å². The number of carboxylic acids is 2. The van der Waals surface area contributed by atoms with Gasteiger partial charge in [0.25, 0.3) is 0 Å². The van der Waals surface area contributed by atoms with Crippen molar-refractivity contribution in [2.24, 2.45) is 5.92 Å². The Hall–Kier alpha value is -1.59. The highest BCUT2D eigenvalue weighted by Crippen LogP contribution is 2.18. The average Bonchev–Trinajstić information content (AvgIpc) is 2.72. The molecule has 0 atom stereocenters. The Kier molecular flexibility index (Phi) is 19.3. The van der Waals surface area contributed by atoms with Gasteiger partial charge in [-0.05, 0) is 38.5 Å². The fraction of sp³-hybridized carbons (Fsp3) is 0.880. The number of hydrogen-bond acceptors (Lipinski definition) is 4. The second-order valence-electron chi connectivity index (χ2n) is 8.70. The van der Waals surface area contributed by atoms with E-state index < -0.39 is 17.9 Å². The topological polar surface area (TPSA) is 101 Å². The van der Waals surface area contributed by atoms with E-state index in [-0.39, 0.29) is 18.5 Å². The molecule has 0 heterocycles. The van der Waals surface area contributed by atoms with Crippen LogP contribution in [-0.2, 0) is 19.1 Å². The third-order valence-electron chi connectivity index (χ3n) is 5.78. The number of ether oxygens (including phenoxy) is 1. The maximum Gasteiger partial charge on any atom is 0.317 e. The molecular weight excluding hydrogens is 396 g/mol. The van der Waals surface area contributed by atoms with Crippen molar-refractivity contribution in [3.63, 3.8) is 0 Å². The molecule has 0 radical (unpaired) electrons. The van der Waals surface area contributed by atoms with Gasteiger partial charge in [0.2, 0.25) is 0 Å². The number of aliphatic carboxylic acids is 2. The standard InChI is InChI=1S/C25H46O6/c1-3-5-7-13-17-21(18-14-8-6-4-2)31-23(26)20-16-12-10-9-11-15-19-22(24(27)28)25(29)30/h21-22H,3-20H2,1-2H3,(H,27,28)(H,29,30). The SMILES string of the molecule is CCCCCCC(CCCCCC)OC(=O)CCCCCCCCC(C(=O)O)C(=O)O. The molecule has 0 aliphatic heterocycles. The van der Waals surface area contributed by atoms with Crippen molar-refractivity contribution < 1.29 is 29.3 Å². The molecule has 0 fully saturated rings. The highest BCUT2D eigenvalue weighted by atomic mass is 16.5. The normalized spacial score (nSPS) is 11.2. The molecule has 6 nitrogen and oxygen atoms in total. The molecule has 0 saturated heterocycles. The molecule has 0 rings (SSSR count). The summed E-state index contributed by atoms with van der Waals surface area (Å²) in [6.07, 6.45) is 17.3. The second-order valence-corrected chi connectivity index (χ2v) is 8.70. The summed E-state index contributed by atoms with van der Waals surface area (Å²) in [6, 6.07) is 0. The minimum absolute atomic E-state index is 0.0672. The molecule has 0 amide bonds. The third kappa shape index (κ3) is 17.8. The van der Waals surface area contributed by atoms with Gasteiger partial charge in [-0.1, -0.05) is 84.5 Å². The maximum absolute atomic E-state index is 12.2. The van der Waals surface area contributed by atoms with E-state index in [0.29, 0.717) is 12.8 Å². The minimum Gasteiger partial charge on any atom is -0.481 e. The zero-order valence-electron chi connectivity index (χ0n) is 19.9.